The summed E-state index contributed by atoms with van der Waals surface area (Å²) in [5.74, 6) is 0.00123. The van der Waals surface area contributed by atoms with E-state index in [1.54, 1.807) is 6.08 Å². The van der Waals surface area contributed by atoms with Gasteiger partial charge in [-0.15, -0.1) is 0 Å². The number of hydrogen-bond donors (Lipinski definition) is 0. The van der Waals surface area contributed by atoms with Crippen LogP contribution in [0.1, 0.15) is 15.9 Å². The molecule has 84 valence electrons. The van der Waals surface area contributed by atoms with Gasteiger partial charge in [-0.25, -0.2) is 0 Å². The molecule has 0 fully saturated rings. The molecule has 0 aliphatic rings. The summed E-state index contributed by atoms with van der Waals surface area (Å²) in [4.78, 5) is 11.9. The van der Waals surface area contributed by atoms with Crippen LogP contribution < -0.4 is 0 Å². The zero-order valence-corrected chi connectivity index (χ0v) is 10.7. The molecule has 2 rings (SSSR count). The average molecular weight is 287 g/mol. The Morgan fingerprint density at radius 1 is 0.824 bits per heavy atom. The van der Waals surface area contributed by atoms with Crippen LogP contribution in [-0.2, 0) is 0 Å². The fraction of sp³-hybridized carbons (Fsp3) is 0. The summed E-state index contributed by atoms with van der Waals surface area (Å²) in [6, 6.07) is 19.0. The van der Waals surface area contributed by atoms with Gasteiger partial charge in [0.1, 0.15) is 0 Å². The summed E-state index contributed by atoms with van der Waals surface area (Å²) in [7, 11) is 0. The van der Waals surface area contributed by atoms with E-state index in [1.165, 1.54) is 0 Å². The highest BCUT2D eigenvalue weighted by molar-refractivity contribution is 9.15. The van der Waals surface area contributed by atoms with Crippen LogP contribution >= 0.6 is 15.9 Å². The fourth-order valence-electron chi connectivity index (χ4n) is 1.48. The molecule has 0 heterocycles. The molecule has 0 amide bonds. The van der Waals surface area contributed by atoms with Gasteiger partial charge in [0.05, 0.1) is 0 Å². The van der Waals surface area contributed by atoms with Crippen molar-refractivity contribution in [2.45, 2.75) is 0 Å². The van der Waals surface area contributed by atoms with Crippen molar-refractivity contribution in [1.82, 2.24) is 0 Å². The lowest BCUT2D eigenvalue weighted by molar-refractivity contribution is 0.104. The van der Waals surface area contributed by atoms with Crippen LogP contribution in [0.3, 0.4) is 0 Å². The Kier molecular flexibility index (Phi) is 3.89. The van der Waals surface area contributed by atoms with E-state index in [9.17, 15) is 4.79 Å². The quantitative estimate of drug-likeness (QED) is 0.607. The van der Waals surface area contributed by atoms with E-state index in [2.05, 4.69) is 15.9 Å². The van der Waals surface area contributed by atoms with Crippen molar-refractivity contribution in [3.8, 4) is 0 Å². The number of carbonyl (C=O) groups excluding carboxylic acids is 1. The molecule has 0 unspecified atom stereocenters. The van der Waals surface area contributed by atoms with Crippen LogP contribution in [0.25, 0.3) is 4.48 Å². The van der Waals surface area contributed by atoms with Gasteiger partial charge in [0.15, 0.2) is 5.78 Å². The molecule has 0 saturated heterocycles. The average Bonchev–Trinajstić information content (AvgIpc) is 2.40. The summed E-state index contributed by atoms with van der Waals surface area (Å²) in [6.07, 6.45) is 1.60. The van der Waals surface area contributed by atoms with Crippen molar-refractivity contribution in [3.63, 3.8) is 0 Å². The smallest absolute Gasteiger partial charge is 0.186 e. The second kappa shape index (κ2) is 5.60. The molecule has 1 nitrogen and oxygen atoms in total. The minimum Gasteiger partial charge on any atom is -0.289 e. The predicted octanol–water partition coefficient (Wildman–Crippen LogP) is 4.31. The van der Waals surface area contributed by atoms with Crippen LogP contribution in [0, 0.1) is 0 Å². The highest BCUT2D eigenvalue weighted by Gasteiger charge is 2.03. The van der Waals surface area contributed by atoms with Crippen molar-refractivity contribution in [1.29, 1.82) is 0 Å². The van der Waals surface area contributed by atoms with E-state index >= 15 is 0 Å². The first-order chi connectivity index (χ1) is 8.27. The molecule has 0 N–H and O–H groups in total. The van der Waals surface area contributed by atoms with Gasteiger partial charge in [-0.2, -0.15) is 0 Å². The van der Waals surface area contributed by atoms with Gasteiger partial charge in [0.2, 0.25) is 0 Å². The topological polar surface area (TPSA) is 17.1 Å². The monoisotopic (exact) mass is 286 g/mol. The molecule has 0 aromatic heterocycles. The van der Waals surface area contributed by atoms with E-state index < -0.39 is 0 Å². The van der Waals surface area contributed by atoms with Crippen molar-refractivity contribution >= 4 is 26.2 Å². The van der Waals surface area contributed by atoms with Crippen LogP contribution in [0.4, 0.5) is 0 Å². The molecule has 0 atom stereocenters. The van der Waals surface area contributed by atoms with Crippen LogP contribution in [0.5, 0.6) is 0 Å². The minimum absolute atomic E-state index is 0.00123. The summed E-state index contributed by atoms with van der Waals surface area (Å²) in [6.45, 7) is 0. The number of halogens is 1. The first kappa shape index (κ1) is 11.8. The van der Waals surface area contributed by atoms with E-state index in [1.807, 2.05) is 60.7 Å². The number of allylic oxidation sites excluding steroid dienone is 1. The molecule has 2 aromatic carbocycles. The van der Waals surface area contributed by atoms with Gasteiger partial charge in [0.25, 0.3) is 0 Å². The molecular formula is C15H11BrO. The molecule has 2 heteroatoms. The molecule has 0 saturated carbocycles. The Labute approximate surface area is 109 Å². The number of benzene rings is 2. The standard InChI is InChI=1S/C15H11BrO/c16-14(12-7-3-1-4-8-12)11-15(17)13-9-5-2-6-10-13/h1-11H/b14-11+. The van der Waals surface area contributed by atoms with Gasteiger partial charge in [-0.3, -0.25) is 4.79 Å². The fourth-order valence-corrected chi connectivity index (χ4v) is 1.95. The lowest BCUT2D eigenvalue weighted by atomic mass is 10.1. The third-order valence-corrected chi connectivity index (χ3v) is 3.05. The van der Waals surface area contributed by atoms with E-state index in [0.29, 0.717) is 5.56 Å². The van der Waals surface area contributed by atoms with Gasteiger partial charge in [0, 0.05) is 16.1 Å². The number of rotatable bonds is 3. The largest absolute Gasteiger partial charge is 0.289 e. The zero-order valence-electron chi connectivity index (χ0n) is 9.14. The second-order valence-corrected chi connectivity index (χ2v) is 4.44. The van der Waals surface area contributed by atoms with Gasteiger partial charge < -0.3 is 0 Å². The molecule has 0 aliphatic carbocycles. The molecule has 2 aromatic rings. The molecule has 0 radical (unpaired) electrons. The molecule has 0 bridgehead atoms. The molecule has 0 spiro atoms. The van der Waals surface area contributed by atoms with Gasteiger partial charge in [-0.1, -0.05) is 76.6 Å². The van der Waals surface area contributed by atoms with Crippen molar-refractivity contribution in [3.05, 3.63) is 77.9 Å². The zero-order chi connectivity index (χ0) is 12.1. The molecule has 17 heavy (non-hydrogen) atoms. The maximum Gasteiger partial charge on any atom is 0.186 e. The van der Waals surface area contributed by atoms with Gasteiger partial charge in [-0.05, 0) is 5.56 Å². The first-order valence-electron chi connectivity index (χ1n) is 5.29. The minimum atomic E-state index is 0.00123. The summed E-state index contributed by atoms with van der Waals surface area (Å²) >= 11 is 3.42. The highest BCUT2D eigenvalue weighted by Crippen LogP contribution is 2.21. The maximum atomic E-state index is 11.9. The van der Waals surface area contributed by atoms with E-state index in [0.717, 1.165) is 10.0 Å². The van der Waals surface area contributed by atoms with Crippen LogP contribution in [-0.4, -0.2) is 5.78 Å². The van der Waals surface area contributed by atoms with E-state index in [4.69, 9.17) is 0 Å². The Hall–Kier alpha value is -1.67. The number of carbonyl (C=O) groups is 1. The Morgan fingerprint density at radius 2 is 1.29 bits per heavy atom. The second-order valence-electron chi connectivity index (χ2n) is 3.59. The third kappa shape index (κ3) is 3.14. The Balaban J connectivity index is 2.24. The maximum absolute atomic E-state index is 11.9. The van der Waals surface area contributed by atoms with E-state index in [-0.39, 0.29) is 5.78 Å². The normalized spacial score (nSPS) is 11.2. The van der Waals surface area contributed by atoms with Crippen LogP contribution in [0.2, 0.25) is 0 Å². The van der Waals surface area contributed by atoms with Crippen molar-refractivity contribution in [2.24, 2.45) is 0 Å². The van der Waals surface area contributed by atoms with Crippen molar-refractivity contribution in [2.75, 3.05) is 0 Å². The Morgan fingerprint density at radius 3 is 1.82 bits per heavy atom. The van der Waals surface area contributed by atoms with Crippen molar-refractivity contribution < 1.29 is 4.79 Å². The summed E-state index contributed by atoms with van der Waals surface area (Å²) < 4.78 is 0.798. The highest BCUT2D eigenvalue weighted by atomic mass is 79.9. The number of hydrogen-bond acceptors (Lipinski definition) is 1. The SMILES string of the molecule is O=C(/C=C(/Br)c1ccccc1)c1ccccc1. The third-order valence-electron chi connectivity index (χ3n) is 2.37. The molecular weight excluding hydrogens is 276 g/mol. The summed E-state index contributed by atoms with van der Waals surface area (Å²) in [5.41, 5.74) is 1.69. The summed E-state index contributed by atoms with van der Waals surface area (Å²) in [5, 5.41) is 0. The first-order valence-corrected chi connectivity index (χ1v) is 6.08. The lowest BCUT2D eigenvalue weighted by Gasteiger charge is -1.99. The van der Waals surface area contributed by atoms with Crippen LogP contribution in [0.15, 0.2) is 66.7 Å². The molecule has 0 aliphatic heterocycles. The predicted molar refractivity (Wildman–Crippen MR) is 74.1 cm³/mol. The lowest BCUT2D eigenvalue weighted by Crippen LogP contribution is -1.94. The Bertz CT molecular complexity index is 529. The number of ketones is 1. The van der Waals surface area contributed by atoms with Gasteiger partial charge >= 0.3 is 0 Å².